The lowest BCUT2D eigenvalue weighted by Gasteiger charge is -2.42. The fourth-order valence-electron chi connectivity index (χ4n) is 2.80. The Morgan fingerprint density at radius 3 is 2.50 bits per heavy atom. The van der Waals surface area contributed by atoms with Crippen LogP contribution in [0.15, 0.2) is 12.1 Å². The maximum absolute atomic E-state index is 11.5. The van der Waals surface area contributed by atoms with E-state index in [0.717, 1.165) is 16.9 Å². The van der Waals surface area contributed by atoms with Gasteiger partial charge in [0.2, 0.25) is 0 Å². The number of Topliss-reactive ketones (excluding diaryl/α,β-unsaturated/α-hetero) is 1. The fraction of sp³-hybridized carbons (Fsp3) is 0.533. The van der Waals surface area contributed by atoms with Gasteiger partial charge in [0, 0.05) is 12.0 Å². The molecule has 1 fully saturated rings. The third kappa shape index (κ3) is 2.15. The van der Waals surface area contributed by atoms with Gasteiger partial charge in [0.1, 0.15) is 11.5 Å². The van der Waals surface area contributed by atoms with Crippen molar-refractivity contribution < 1.29 is 14.3 Å². The lowest BCUT2D eigenvalue weighted by atomic mass is 9.73. The molecule has 1 aliphatic rings. The SMILES string of the molecule is COc1c(C)cc(C)cc1C1(CC(C)=O)COC1. The smallest absolute Gasteiger partial charge is 0.130 e. The van der Waals surface area contributed by atoms with Gasteiger partial charge in [-0.2, -0.15) is 0 Å². The largest absolute Gasteiger partial charge is 0.496 e. The first-order valence-electron chi connectivity index (χ1n) is 6.21. The number of methoxy groups -OCH3 is 1. The van der Waals surface area contributed by atoms with E-state index in [9.17, 15) is 4.79 Å². The van der Waals surface area contributed by atoms with Crippen LogP contribution in [0.2, 0.25) is 0 Å². The highest BCUT2D eigenvalue weighted by atomic mass is 16.5. The molecule has 1 aromatic carbocycles. The number of hydrogen-bond donors (Lipinski definition) is 0. The minimum atomic E-state index is -0.187. The lowest BCUT2D eigenvalue weighted by molar-refractivity contribution is -0.125. The Balaban J connectivity index is 2.51. The van der Waals surface area contributed by atoms with E-state index in [4.69, 9.17) is 9.47 Å². The van der Waals surface area contributed by atoms with E-state index in [1.54, 1.807) is 14.0 Å². The van der Waals surface area contributed by atoms with Crippen LogP contribution in [0, 0.1) is 13.8 Å². The first-order valence-corrected chi connectivity index (χ1v) is 6.21. The van der Waals surface area contributed by atoms with Gasteiger partial charge in [-0.3, -0.25) is 4.79 Å². The van der Waals surface area contributed by atoms with E-state index in [1.807, 2.05) is 6.92 Å². The molecule has 0 atom stereocenters. The maximum atomic E-state index is 11.5. The van der Waals surface area contributed by atoms with Gasteiger partial charge < -0.3 is 9.47 Å². The maximum Gasteiger partial charge on any atom is 0.130 e. The number of ether oxygens (including phenoxy) is 2. The second-order valence-electron chi connectivity index (χ2n) is 5.31. The van der Waals surface area contributed by atoms with Gasteiger partial charge in [-0.15, -0.1) is 0 Å². The molecule has 0 unspecified atom stereocenters. The van der Waals surface area contributed by atoms with E-state index in [2.05, 4.69) is 19.1 Å². The standard InChI is InChI=1S/C15H20O3/c1-10-5-11(2)14(17-4)13(6-10)15(7-12(3)16)8-18-9-15/h5-6H,7-9H2,1-4H3. The van der Waals surface area contributed by atoms with Crippen LogP contribution in [0.3, 0.4) is 0 Å². The topological polar surface area (TPSA) is 35.5 Å². The van der Waals surface area contributed by atoms with Crippen molar-refractivity contribution in [2.24, 2.45) is 0 Å². The zero-order chi connectivity index (χ0) is 13.3. The van der Waals surface area contributed by atoms with Crippen LogP contribution in [0.1, 0.15) is 30.0 Å². The predicted octanol–water partition coefficient (Wildman–Crippen LogP) is 2.56. The zero-order valence-electron chi connectivity index (χ0n) is 11.5. The van der Waals surface area contributed by atoms with Crippen LogP contribution in [0.4, 0.5) is 0 Å². The summed E-state index contributed by atoms with van der Waals surface area (Å²) in [6.45, 7) is 6.94. The second-order valence-corrected chi connectivity index (χ2v) is 5.31. The van der Waals surface area contributed by atoms with E-state index in [-0.39, 0.29) is 11.2 Å². The highest BCUT2D eigenvalue weighted by Crippen LogP contribution is 2.42. The molecule has 0 radical (unpaired) electrons. The van der Waals surface area contributed by atoms with Crippen LogP contribution in [0.25, 0.3) is 0 Å². The summed E-state index contributed by atoms with van der Waals surface area (Å²) in [4.78, 5) is 11.5. The van der Waals surface area contributed by atoms with E-state index in [1.165, 1.54) is 5.56 Å². The summed E-state index contributed by atoms with van der Waals surface area (Å²) in [5, 5.41) is 0. The molecule has 0 N–H and O–H groups in total. The van der Waals surface area contributed by atoms with Crippen LogP contribution >= 0.6 is 0 Å². The Morgan fingerprint density at radius 1 is 1.39 bits per heavy atom. The molecule has 0 spiro atoms. The number of ketones is 1. The van der Waals surface area contributed by atoms with Crippen molar-refractivity contribution >= 4 is 5.78 Å². The summed E-state index contributed by atoms with van der Waals surface area (Å²) >= 11 is 0. The molecule has 18 heavy (non-hydrogen) atoms. The Kier molecular flexibility index (Phi) is 3.44. The van der Waals surface area contributed by atoms with Crippen LogP contribution < -0.4 is 4.74 Å². The molecule has 0 aromatic heterocycles. The van der Waals surface area contributed by atoms with Gasteiger partial charge >= 0.3 is 0 Å². The first-order chi connectivity index (χ1) is 8.48. The van der Waals surface area contributed by atoms with E-state index in [0.29, 0.717) is 19.6 Å². The van der Waals surface area contributed by atoms with Crippen molar-refractivity contribution in [2.45, 2.75) is 32.6 Å². The molecule has 0 aliphatic carbocycles. The molecule has 3 heteroatoms. The Labute approximate surface area is 108 Å². The molecule has 0 amide bonds. The third-order valence-electron chi connectivity index (χ3n) is 3.54. The normalized spacial score (nSPS) is 17.1. The van der Waals surface area contributed by atoms with Gasteiger partial charge in [-0.25, -0.2) is 0 Å². The predicted molar refractivity (Wildman–Crippen MR) is 70.3 cm³/mol. The monoisotopic (exact) mass is 248 g/mol. The van der Waals surface area contributed by atoms with Crippen molar-refractivity contribution in [1.29, 1.82) is 0 Å². The number of rotatable bonds is 4. The van der Waals surface area contributed by atoms with Crippen LogP contribution in [-0.4, -0.2) is 26.1 Å². The second kappa shape index (κ2) is 4.73. The third-order valence-corrected chi connectivity index (χ3v) is 3.54. The minimum absolute atomic E-state index is 0.187. The highest BCUT2D eigenvalue weighted by molar-refractivity contribution is 5.78. The van der Waals surface area contributed by atoms with Crippen molar-refractivity contribution in [3.05, 3.63) is 28.8 Å². The van der Waals surface area contributed by atoms with Crippen molar-refractivity contribution in [1.82, 2.24) is 0 Å². The number of carbonyl (C=O) groups excluding carboxylic acids is 1. The summed E-state index contributed by atoms with van der Waals surface area (Å²) in [6, 6.07) is 4.22. The summed E-state index contributed by atoms with van der Waals surface area (Å²) < 4.78 is 10.9. The van der Waals surface area contributed by atoms with Crippen molar-refractivity contribution in [2.75, 3.05) is 20.3 Å². The molecule has 2 rings (SSSR count). The fourth-order valence-corrected chi connectivity index (χ4v) is 2.80. The van der Waals surface area contributed by atoms with E-state index >= 15 is 0 Å². The number of aryl methyl sites for hydroxylation is 2. The molecule has 1 heterocycles. The Bertz CT molecular complexity index is 473. The number of benzene rings is 1. The molecule has 1 aromatic rings. The van der Waals surface area contributed by atoms with Gasteiger partial charge in [-0.05, 0) is 26.3 Å². The molecule has 1 aliphatic heterocycles. The molecular formula is C15H20O3. The molecular weight excluding hydrogens is 228 g/mol. The summed E-state index contributed by atoms with van der Waals surface area (Å²) in [6.07, 6.45) is 0.520. The van der Waals surface area contributed by atoms with Gasteiger partial charge in [0.15, 0.2) is 0 Å². The van der Waals surface area contributed by atoms with E-state index < -0.39 is 0 Å². The zero-order valence-corrected chi connectivity index (χ0v) is 11.5. The average molecular weight is 248 g/mol. The number of hydrogen-bond acceptors (Lipinski definition) is 3. The minimum Gasteiger partial charge on any atom is -0.496 e. The molecule has 98 valence electrons. The summed E-state index contributed by atoms with van der Waals surface area (Å²) in [5.41, 5.74) is 3.23. The number of carbonyl (C=O) groups is 1. The van der Waals surface area contributed by atoms with Gasteiger partial charge in [0.05, 0.1) is 25.7 Å². The molecule has 1 saturated heterocycles. The Morgan fingerprint density at radius 2 is 2.06 bits per heavy atom. The van der Waals surface area contributed by atoms with Gasteiger partial charge in [0.25, 0.3) is 0 Å². The quantitative estimate of drug-likeness (QED) is 0.821. The van der Waals surface area contributed by atoms with Crippen molar-refractivity contribution in [3.63, 3.8) is 0 Å². The summed E-state index contributed by atoms with van der Waals surface area (Å²) in [7, 11) is 1.68. The van der Waals surface area contributed by atoms with Crippen LogP contribution in [-0.2, 0) is 14.9 Å². The summed E-state index contributed by atoms with van der Waals surface area (Å²) in [5.74, 6) is 1.09. The molecule has 3 nitrogen and oxygen atoms in total. The van der Waals surface area contributed by atoms with Crippen molar-refractivity contribution in [3.8, 4) is 5.75 Å². The van der Waals surface area contributed by atoms with Crippen LogP contribution in [0.5, 0.6) is 5.75 Å². The first kappa shape index (κ1) is 13.1. The van der Waals surface area contributed by atoms with Gasteiger partial charge in [-0.1, -0.05) is 17.7 Å². The Hall–Kier alpha value is -1.35. The molecule has 0 saturated carbocycles. The molecule has 0 bridgehead atoms. The average Bonchev–Trinajstić information content (AvgIpc) is 2.22. The lowest BCUT2D eigenvalue weighted by Crippen LogP contribution is -2.48. The highest BCUT2D eigenvalue weighted by Gasteiger charge is 2.43.